The van der Waals surface area contributed by atoms with Crippen LogP contribution in [-0.2, 0) is 0 Å². The van der Waals surface area contributed by atoms with Crippen molar-refractivity contribution >= 4 is 5.97 Å². The van der Waals surface area contributed by atoms with Gasteiger partial charge in [0, 0.05) is 6.04 Å². The molecule has 1 aromatic carbocycles. The maximum Gasteiger partial charge on any atom is 0.335 e. The molecule has 2 fully saturated rings. The summed E-state index contributed by atoms with van der Waals surface area (Å²) in [5, 5.41) is 9.08. The van der Waals surface area contributed by atoms with Gasteiger partial charge in [0.25, 0.3) is 0 Å². The Morgan fingerprint density at radius 2 is 1.90 bits per heavy atom. The van der Waals surface area contributed by atoms with Crippen LogP contribution in [0.25, 0.3) is 0 Å². The fourth-order valence-electron chi connectivity index (χ4n) is 3.58. The maximum atomic E-state index is 11.1. The molecule has 4 heteroatoms. The van der Waals surface area contributed by atoms with E-state index in [1.54, 1.807) is 18.2 Å². The quantitative estimate of drug-likeness (QED) is 0.925. The van der Waals surface area contributed by atoms with Crippen molar-refractivity contribution in [3.8, 4) is 5.75 Å². The first-order chi connectivity index (χ1) is 10.2. The van der Waals surface area contributed by atoms with Crippen molar-refractivity contribution in [2.45, 2.75) is 50.7 Å². The van der Waals surface area contributed by atoms with E-state index in [0.29, 0.717) is 17.4 Å². The summed E-state index contributed by atoms with van der Waals surface area (Å²) in [6.45, 7) is 2.36. The van der Waals surface area contributed by atoms with Gasteiger partial charge >= 0.3 is 5.97 Å². The van der Waals surface area contributed by atoms with E-state index >= 15 is 0 Å². The second-order valence-corrected chi connectivity index (χ2v) is 6.08. The summed E-state index contributed by atoms with van der Waals surface area (Å²) >= 11 is 0. The number of carboxylic acid groups (broad SMARTS) is 1. The molecule has 1 N–H and O–H groups in total. The van der Waals surface area contributed by atoms with Crippen LogP contribution in [0.2, 0.25) is 0 Å². The lowest BCUT2D eigenvalue weighted by Gasteiger charge is -2.37. The third-order valence-corrected chi connectivity index (χ3v) is 4.65. The molecule has 0 radical (unpaired) electrons. The maximum absolute atomic E-state index is 11.1. The predicted molar refractivity (Wildman–Crippen MR) is 80.9 cm³/mol. The van der Waals surface area contributed by atoms with Gasteiger partial charge in [0.15, 0.2) is 0 Å². The summed E-state index contributed by atoms with van der Waals surface area (Å²) < 4.78 is 6.17. The van der Waals surface area contributed by atoms with E-state index in [-0.39, 0.29) is 6.10 Å². The van der Waals surface area contributed by atoms with Gasteiger partial charge in [-0.25, -0.2) is 4.79 Å². The monoisotopic (exact) mass is 289 g/mol. The molecule has 1 aliphatic carbocycles. The van der Waals surface area contributed by atoms with Crippen LogP contribution in [0.3, 0.4) is 0 Å². The fraction of sp³-hybridized carbons (Fsp3) is 0.588. The molecule has 0 bridgehead atoms. The molecule has 2 unspecified atom stereocenters. The number of ether oxygens (including phenoxy) is 1. The molecule has 4 nitrogen and oxygen atoms in total. The summed E-state index contributed by atoms with van der Waals surface area (Å²) in [5.41, 5.74) is 0.293. The molecule has 2 aliphatic rings. The van der Waals surface area contributed by atoms with Crippen LogP contribution in [0.15, 0.2) is 24.3 Å². The fourth-order valence-corrected chi connectivity index (χ4v) is 3.58. The number of carboxylic acids is 1. The molecular weight excluding hydrogens is 266 g/mol. The van der Waals surface area contributed by atoms with Gasteiger partial charge in [-0.3, -0.25) is 4.90 Å². The number of rotatable bonds is 4. The Balaban J connectivity index is 1.71. The van der Waals surface area contributed by atoms with Crippen LogP contribution in [-0.4, -0.2) is 41.2 Å². The van der Waals surface area contributed by atoms with Crippen molar-refractivity contribution in [1.29, 1.82) is 0 Å². The average molecular weight is 289 g/mol. The van der Waals surface area contributed by atoms with Gasteiger partial charge < -0.3 is 9.84 Å². The molecule has 3 rings (SSSR count). The number of hydrogen-bond donors (Lipinski definition) is 1. The third-order valence-electron chi connectivity index (χ3n) is 4.65. The van der Waals surface area contributed by atoms with Crippen molar-refractivity contribution in [2.24, 2.45) is 0 Å². The molecule has 1 aliphatic heterocycles. The second kappa shape index (κ2) is 6.48. The van der Waals surface area contributed by atoms with Crippen LogP contribution in [0.1, 0.15) is 48.9 Å². The Morgan fingerprint density at radius 3 is 2.67 bits per heavy atom. The standard InChI is InChI=1S/C17H23NO3/c19-17(20)13-6-5-7-14(12-13)21-16-9-2-1-8-15(16)18-10-3-4-11-18/h5-7,12,15-16H,1-4,8-11H2,(H,19,20). The Kier molecular flexibility index (Phi) is 4.44. The van der Waals surface area contributed by atoms with Gasteiger partial charge in [-0.05, 0) is 63.4 Å². The topological polar surface area (TPSA) is 49.8 Å². The van der Waals surface area contributed by atoms with Gasteiger partial charge in [-0.2, -0.15) is 0 Å². The lowest BCUT2D eigenvalue weighted by Crippen LogP contribution is -2.46. The highest BCUT2D eigenvalue weighted by Crippen LogP contribution is 2.29. The minimum Gasteiger partial charge on any atom is -0.489 e. The number of benzene rings is 1. The Labute approximate surface area is 125 Å². The van der Waals surface area contributed by atoms with E-state index in [1.807, 2.05) is 6.07 Å². The largest absolute Gasteiger partial charge is 0.489 e. The Bertz CT molecular complexity index is 497. The minimum absolute atomic E-state index is 0.195. The van der Waals surface area contributed by atoms with Crippen LogP contribution >= 0.6 is 0 Å². The number of carbonyl (C=O) groups is 1. The zero-order valence-corrected chi connectivity index (χ0v) is 12.3. The van der Waals surface area contributed by atoms with Gasteiger partial charge in [0.05, 0.1) is 5.56 Å². The highest BCUT2D eigenvalue weighted by atomic mass is 16.5. The van der Waals surface area contributed by atoms with E-state index in [2.05, 4.69) is 4.90 Å². The number of hydrogen-bond acceptors (Lipinski definition) is 3. The van der Waals surface area contributed by atoms with Crippen molar-refractivity contribution in [3.63, 3.8) is 0 Å². The SMILES string of the molecule is O=C(O)c1cccc(OC2CCCCC2N2CCCC2)c1. The van der Waals surface area contributed by atoms with Crippen LogP contribution in [0, 0.1) is 0 Å². The summed E-state index contributed by atoms with van der Waals surface area (Å²) in [6.07, 6.45) is 7.52. The van der Waals surface area contributed by atoms with Crippen molar-refractivity contribution in [2.75, 3.05) is 13.1 Å². The van der Waals surface area contributed by atoms with E-state index in [9.17, 15) is 4.79 Å². The van der Waals surface area contributed by atoms with Crippen LogP contribution in [0.5, 0.6) is 5.75 Å². The first-order valence-corrected chi connectivity index (χ1v) is 7.98. The molecule has 114 valence electrons. The molecular formula is C17H23NO3. The summed E-state index contributed by atoms with van der Waals surface area (Å²) in [7, 11) is 0. The smallest absolute Gasteiger partial charge is 0.335 e. The van der Waals surface area contributed by atoms with Crippen LogP contribution < -0.4 is 4.74 Å². The molecule has 0 aromatic heterocycles. The van der Waals surface area contributed by atoms with Gasteiger partial charge in [-0.15, -0.1) is 0 Å². The third kappa shape index (κ3) is 3.38. The highest BCUT2D eigenvalue weighted by Gasteiger charge is 2.33. The lowest BCUT2D eigenvalue weighted by atomic mass is 9.91. The average Bonchev–Trinajstić information content (AvgIpc) is 3.02. The Hall–Kier alpha value is -1.55. The van der Waals surface area contributed by atoms with Crippen molar-refractivity contribution < 1.29 is 14.6 Å². The summed E-state index contributed by atoms with van der Waals surface area (Å²) in [6, 6.07) is 7.36. The van der Waals surface area contributed by atoms with E-state index in [1.165, 1.54) is 45.2 Å². The van der Waals surface area contributed by atoms with E-state index in [0.717, 1.165) is 6.42 Å². The first-order valence-electron chi connectivity index (χ1n) is 7.98. The molecule has 2 atom stereocenters. The van der Waals surface area contributed by atoms with E-state index < -0.39 is 5.97 Å². The molecule has 0 amide bonds. The zero-order valence-electron chi connectivity index (χ0n) is 12.3. The molecule has 1 saturated heterocycles. The highest BCUT2D eigenvalue weighted by molar-refractivity contribution is 5.87. The van der Waals surface area contributed by atoms with Crippen LogP contribution in [0.4, 0.5) is 0 Å². The van der Waals surface area contributed by atoms with Gasteiger partial charge in [0.1, 0.15) is 11.9 Å². The minimum atomic E-state index is -0.903. The number of aromatic carboxylic acids is 1. The molecule has 21 heavy (non-hydrogen) atoms. The molecule has 1 heterocycles. The van der Waals surface area contributed by atoms with Crippen molar-refractivity contribution in [3.05, 3.63) is 29.8 Å². The normalized spacial score (nSPS) is 26.7. The van der Waals surface area contributed by atoms with E-state index in [4.69, 9.17) is 9.84 Å². The predicted octanol–water partition coefficient (Wildman–Crippen LogP) is 3.17. The molecule has 1 saturated carbocycles. The van der Waals surface area contributed by atoms with Gasteiger partial charge in [-0.1, -0.05) is 12.5 Å². The van der Waals surface area contributed by atoms with Crippen molar-refractivity contribution in [1.82, 2.24) is 4.90 Å². The molecule has 0 spiro atoms. The summed E-state index contributed by atoms with van der Waals surface area (Å²) in [5.74, 6) is -0.216. The lowest BCUT2D eigenvalue weighted by molar-refractivity contribution is 0.0483. The number of likely N-dealkylation sites (tertiary alicyclic amines) is 1. The van der Waals surface area contributed by atoms with Gasteiger partial charge in [0.2, 0.25) is 0 Å². The first kappa shape index (κ1) is 14.4. The molecule has 1 aromatic rings. The zero-order chi connectivity index (χ0) is 14.7. The summed E-state index contributed by atoms with van der Waals surface area (Å²) in [4.78, 5) is 13.6. The second-order valence-electron chi connectivity index (χ2n) is 6.08. The Morgan fingerprint density at radius 1 is 1.14 bits per heavy atom. The number of nitrogens with zero attached hydrogens (tertiary/aromatic N) is 1.